The molecular weight excluding hydrogens is 410 g/mol. The highest BCUT2D eigenvalue weighted by atomic mass is 16.4. The summed E-state index contributed by atoms with van der Waals surface area (Å²) in [6.45, 7) is 0.00964. The summed E-state index contributed by atoms with van der Waals surface area (Å²) in [7, 11) is 0. The van der Waals surface area contributed by atoms with Gasteiger partial charge in [-0.2, -0.15) is 0 Å². The molecule has 1 aromatic heterocycles. The minimum Gasteiger partial charge on any atom is -0.481 e. The number of hydrogen-bond acceptors (Lipinski definition) is 5. The predicted molar refractivity (Wildman–Crippen MR) is 114 cm³/mol. The van der Waals surface area contributed by atoms with E-state index in [0.29, 0.717) is 22.3 Å². The maximum absolute atomic E-state index is 12.9. The number of fused-ring (bicyclic) bond motifs is 4. The number of aryl methyl sites for hydroxylation is 2. The number of carboxylic acids is 1. The molecule has 0 saturated carbocycles. The summed E-state index contributed by atoms with van der Waals surface area (Å²) < 4.78 is 5.92. The van der Waals surface area contributed by atoms with Gasteiger partial charge in [0.1, 0.15) is 17.3 Å². The normalized spacial score (nSPS) is 16.0. The van der Waals surface area contributed by atoms with Gasteiger partial charge in [-0.25, -0.2) is 0 Å². The molecular formula is C25H21NO6. The molecule has 1 atom stereocenters. The molecule has 2 aromatic carbocycles. The summed E-state index contributed by atoms with van der Waals surface area (Å²) in [5.41, 5.74) is 3.11. The highest BCUT2D eigenvalue weighted by Gasteiger charge is 2.39. The van der Waals surface area contributed by atoms with Crippen LogP contribution in [-0.2, 0) is 29.0 Å². The van der Waals surface area contributed by atoms with Crippen molar-refractivity contribution in [3.63, 3.8) is 0 Å². The average Bonchev–Trinajstić information content (AvgIpc) is 3.34. The van der Waals surface area contributed by atoms with Crippen molar-refractivity contribution in [2.45, 2.75) is 38.6 Å². The molecule has 5 rings (SSSR count). The van der Waals surface area contributed by atoms with E-state index in [1.807, 2.05) is 6.07 Å². The molecule has 162 valence electrons. The number of benzene rings is 2. The summed E-state index contributed by atoms with van der Waals surface area (Å²) >= 11 is 0. The molecule has 3 aromatic rings. The lowest BCUT2D eigenvalue weighted by molar-refractivity contribution is -0.149. The first kappa shape index (κ1) is 20.2. The molecule has 0 fully saturated rings. The first-order valence-electron chi connectivity index (χ1n) is 10.7. The Labute approximate surface area is 183 Å². The van der Waals surface area contributed by atoms with E-state index in [1.165, 1.54) is 5.56 Å². The van der Waals surface area contributed by atoms with Crippen LogP contribution in [0.1, 0.15) is 56.9 Å². The molecule has 0 bridgehead atoms. The lowest BCUT2D eigenvalue weighted by Crippen LogP contribution is -2.40. The molecule has 0 spiro atoms. The molecule has 7 nitrogen and oxygen atoms in total. The third-order valence-electron chi connectivity index (χ3n) is 6.35. The Balaban J connectivity index is 1.37. The van der Waals surface area contributed by atoms with Crippen LogP contribution in [0.15, 0.2) is 46.9 Å². The van der Waals surface area contributed by atoms with Gasteiger partial charge in [0.05, 0.1) is 6.54 Å². The molecule has 1 aliphatic heterocycles. The monoisotopic (exact) mass is 431 g/mol. The van der Waals surface area contributed by atoms with E-state index < -0.39 is 35.9 Å². The van der Waals surface area contributed by atoms with Gasteiger partial charge in [0.25, 0.3) is 5.91 Å². The summed E-state index contributed by atoms with van der Waals surface area (Å²) in [5.74, 6) is -4.01. The van der Waals surface area contributed by atoms with Crippen LogP contribution in [0, 0.1) is 5.92 Å². The third-order valence-corrected chi connectivity index (χ3v) is 6.35. The van der Waals surface area contributed by atoms with Gasteiger partial charge in [-0.1, -0.05) is 30.3 Å². The molecule has 0 saturated heterocycles. The number of aliphatic carboxylic acids is 1. The first-order chi connectivity index (χ1) is 15.4. The predicted octanol–water partition coefficient (Wildman–Crippen LogP) is 3.77. The van der Waals surface area contributed by atoms with E-state index in [2.05, 4.69) is 0 Å². The lowest BCUT2D eigenvalue weighted by Gasteiger charge is -2.18. The van der Waals surface area contributed by atoms with Crippen LogP contribution in [0.25, 0.3) is 11.0 Å². The van der Waals surface area contributed by atoms with E-state index in [9.17, 15) is 24.3 Å². The summed E-state index contributed by atoms with van der Waals surface area (Å²) in [4.78, 5) is 51.2. The Morgan fingerprint density at radius 3 is 2.62 bits per heavy atom. The van der Waals surface area contributed by atoms with E-state index in [0.717, 1.165) is 41.7 Å². The number of Topliss-reactive ketones (excluding diaryl/α,β-unsaturated/α-hetero) is 1. The molecule has 1 aliphatic carbocycles. The number of rotatable bonds is 5. The molecule has 1 unspecified atom stereocenters. The maximum Gasteiger partial charge on any atom is 0.316 e. The second kappa shape index (κ2) is 7.75. The Bertz CT molecular complexity index is 1290. The molecule has 7 heteroatoms. The van der Waals surface area contributed by atoms with E-state index in [4.69, 9.17) is 4.42 Å². The van der Waals surface area contributed by atoms with Crippen molar-refractivity contribution in [2.75, 3.05) is 0 Å². The van der Waals surface area contributed by atoms with Crippen molar-refractivity contribution >= 4 is 34.5 Å². The maximum atomic E-state index is 12.9. The minimum atomic E-state index is -1.64. The molecule has 2 heterocycles. The van der Waals surface area contributed by atoms with Crippen LogP contribution in [0.4, 0.5) is 0 Å². The Morgan fingerprint density at radius 2 is 1.84 bits per heavy atom. The summed E-state index contributed by atoms with van der Waals surface area (Å²) in [6.07, 6.45) is 3.46. The van der Waals surface area contributed by atoms with Crippen molar-refractivity contribution in [3.05, 3.63) is 70.5 Å². The van der Waals surface area contributed by atoms with Crippen molar-refractivity contribution < 1.29 is 28.7 Å². The average molecular weight is 431 g/mol. The Hall–Kier alpha value is -3.74. The fourth-order valence-corrected chi connectivity index (χ4v) is 4.64. The second-order valence-electron chi connectivity index (χ2n) is 8.33. The number of amides is 2. The minimum absolute atomic E-state index is 0.00964. The van der Waals surface area contributed by atoms with Crippen molar-refractivity contribution in [1.82, 2.24) is 4.90 Å². The van der Waals surface area contributed by atoms with Gasteiger partial charge in [-0.05, 0) is 37.0 Å². The number of furan rings is 1. The van der Waals surface area contributed by atoms with Crippen LogP contribution in [0.5, 0.6) is 0 Å². The van der Waals surface area contributed by atoms with E-state index in [1.54, 1.807) is 36.4 Å². The molecule has 0 radical (unpaired) electrons. The van der Waals surface area contributed by atoms with Crippen LogP contribution in [-0.4, -0.2) is 33.6 Å². The zero-order chi connectivity index (χ0) is 22.4. The van der Waals surface area contributed by atoms with Gasteiger partial charge in [0.15, 0.2) is 5.78 Å². The lowest BCUT2D eigenvalue weighted by atomic mass is 9.94. The second-order valence-corrected chi connectivity index (χ2v) is 8.33. The van der Waals surface area contributed by atoms with Crippen LogP contribution < -0.4 is 0 Å². The van der Waals surface area contributed by atoms with Gasteiger partial charge >= 0.3 is 5.97 Å². The standard InChI is InChI=1S/C25H21NO6/c27-20(14-9-10-18-17-7-3-4-8-21(17)32-22(18)11-14)12-19(25(30)31)24(29)26-13-15-5-1-2-6-16(15)23(26)28/h1-2,5-6,9-11,19H,3-4,7-8,12-13H2,(H,30,31). The number of ketones is 1. The quantitative estimate of drug-likeness (QED) is 0.487. The molecule has 32 heavy (non-hydrogen) atoms. The fraction of sp³-hybridized carbons (Fsp3) is 0.280. The van der Waals surface area contributed by atoms with Crippen molar-refractivity contribution in [2.24, 2.45) is 5.92 Å². The van der Waals surface area contributed by atoms with Crippen LogP contribution >= 0.6 is 0 Å². The fourth-order valence-electron chi connectivity index (χ4n) is 4.64. The number of carboxylic acid groups (broad SMARTS) is 1. The topological polar surface area (TPSA) is 105 Å². The number of carbonyl (C=O) groups is 4. The first-order valence-corrected chi connectivity index (χ1v) is 10.7. The largest absolute Gasteiger partial charge is 0.481 e. The van der Waals surface area contributed by atoms with Crippen LogP contribution in [0.3, 0.4) is 0 Å². The zero-order valence-electron chi connectivity index (χ0n) is 17.3. The number of nitrogens with zero attached hydrogens (tertiary/aromatic N) is 1. The van der Waals surface area contributed by atoms with E-state index in [-0.39, 0.29) is 6.54 Å². The van der Waals surface area contributed by atoms with Gasteiger partial charge in [0.2, 0.25) is 5.91 Å². The third kappa shape index (κ3) is 3.30. The Kier molecular flexibility index (Phi) is 4.89. The van der Waals surface area contributed by atoms with Crippen molar-refractivity contribution in [3.8, 4) is 0 Å². The van der Waals surface area contributed by atoms with Gasteiger partial charge in [-0.3, -0.25) is 24.1 Å². The highest BCUT2D eigenvalue weighted by molar-refractivity contribution is 6.14. The summed E-state index contributed by atoms with van der Waals surface area (Å²) in [5, 5.41) is 10.6. The smallest absolute Gasteiger partial charge is 0.316 e. The van der Waals surface area contributed by atoms with E-state index >= 15 is 0 Å². The van der Waals surface area contributed by atoms with Gasteiger partial charge in [0, 0.05) is 34.9 Å². The SMILES string of the molecule is O=C(CC(C(=O)O)C(=O)N1Cc2ccccc2C1=O)c1ccc2c3c(oc2c1)CCCC3. The van der Waals surface area contributed by atoms with Gasteiger partial charge in [-0.15, -0.1) is 0 Å². The molecule has 1 N–H and O–H groups in total. The van der Waals surface area contributed by atoms with Gasteiger partial charge < -0.3 is 9.52 Å². The Morgan fingerprint density at radius 1 is 1.06 bits per heavy atom. The number of imide groups is 1. The number of hydrogen-bond donors (Lipinski definition) is 1. The molecule has 2 aliphatic rings. The summed E-state index contributed by atoms with van der Waals surface area (Å²) in [6, 6.07) is 11.9. The van der Waals surface area contributed by atoms with Crippen molar-refractivity contribution in [1.29, 1.82) is 0 Å². The molecule has 2 amide bonds. The highest BCUT2D eigenvalue weighted by Crippen LogP contribution is 2.33. The van der Waals surface area contributed by atoms with Crippen LogP contribution in [0.2, 0.25) is 0 Å². The number of carbonyl (C=O) groups excluding carboxylic acids is 3. The zero-order valence-corrected chi connectivity index (χ0v) is 17.3.